The fraction of sp³-hybridized carbons (Fsp3) is 0.190. The van der Waals surface area contributed by atoms with E-state index in [1.165, 1.54) is 21.9 Å². The van der Waals surface area contributed by atoms with Gasteiger partial charge in [-0.3, -0.25) is 4.79 Å². The van der Waals surface area contributed by atoms with E-state index in [0.717, 1.165) is 21.8 Å². The third-order valence-electron chi connectivity index (χ3n) is 4.54. The Kier molecular flexibility index (Phi) is 5.41. The molecule has 1 N–H and O–H groups in total. The highest BCUT2D eigenvalue weighted by Gasteiger charge is 2.17. The van der Waals surface area contributed by atoms with Crippen LogP contribution < -0.4 is 10.9 Å². The van der Waals surface area contributed by atoms with Crippen molar-refractivity contribution in [3.05, 3.63) is 92.9 Å². The maximum Gasteiger partial charge on any atom is 0.275 e. The molecule has 0 saturated carbocycles. The Hall–Kier alpha value is -2.70. The van der Waals surface area contributed by atoms with Gasteiger partial charge in [-0.2, -0.15) is 4.52 Å². The van der Waals surface area contributed by atoms with Crippen molar-refractivity contribution in [1.29, 1.82) is 0 Å². The lowest BCUT2D eigenvalue weighted by molar-refractivity contribution is 0.765. The van der Waals surface area contributed by atoms with Crippen LogP contribution in [-0.2, 0) is 12.8 Å². The van der Waals surface area contributed by atoms with Crippen LogP contribution in [0.2, 0.25) is 5.02 Å². The molecule has 0 radical (unpaired) electrons. The number of hydrogen-bond donors (Lipinski definition) is 1. The van der Waals surface area contributed by atoms with Gasteiger partial charge in [-0.15, -0.1) is 5.10 Å². The minimum absolute atomic E-state index is 0.0389. The van der Waals surface area contributed by atoms with Gasteiger partial charge in [0, 0.05) is 16.8 Å². The minimum Gasteiger partial charge on any atom is -0.353 e. The van der Waals surface area contributed by atoms with Crippen molar-refractivity contribution < 1.29 is 0 Å². The molecule has 2 aromatic heterocycles. The Labute approximate surface area is 171 Å². The maximum atomic E-state index is 12.3. The molecule has 142 valence electrons. The molecule has 2 heterocycles. The van der Waals surface area contributed by atoms with E-state index < -0.39 is 0 Å². The number of fused-ring (bicyclic) bond motifs is 1. The van der Waals surface area contributed by atoms with Crippen LogP contribution in [0.25, 0.3) is 4.96 Å². The Morgan fingerprint density at radius 1 is 1.14 bits per heavy atom. The molecule has 0 saturated heterocycles. The minimum atomic E-state index is -0.159. The fourth-order valence-corrected chi connectivity index (χ4v) is 4.16. The summed E-state index contributed by atoms with van der Waals surface area (Å²) in [7, 11) is 0. The fourth-order valence-electron chi connectivity index (χ4n) is 3.07. The van der Waals surface area contributed by atoms with Crippen molar-refractivity contribution in [2.45, 2.75) is 25.8 Å². The third kappa shape index (κ3) is 3.93. The third-order valence-corrected chi connectivity index (χ3v) is 5.75. The Morgan fingerprint density at radius 3 is 2.64 bits per heavy atom. The second-order valence-corrected chi connectivity index (χ2v) is 7.81. The molecule has 1 unspecified atom stereocenters. The van der Waals surface area contributed by atoms with Crippen molar-refractivity contribution in [1.82, 2.24) is 14.6 Å². The van der Waals surface area contributed by atoms with Gasteiger partial charge in [-0.25, -0.2) is 4.98 Å². The number of hydrogen-bond acceptors (Lipinski definition) is 5. The number of aryl methyl sites for hydroxylation is 1. The molecular formula is C21H19ClN4OS. The van der Waals surface area contributed by atoms with Gasteiger partial charge in [0.05, 0.1) is 6.04 Å². The van der Waals surface area contributed by atoms with E-state index in [1.807, 2.05) is 49.4 Å². The summed E-state index contributed by atoms with van der Waals surface area (Å²) in [5.41, 5.74) is 2.79. The molecule has 7 heteroatoms. The Balaban J connectivity index is 1.69. The molecule has 0 spiro atoms. The molecule has 4 aromatic rings. The van der Waals surface area contributed by atoms with Crippen LogP contribution in [0.4, 0.5) is 5.13 Å². The molecular weight excluding hydrogens is 392 g/mol. The summed E-state index contributed by atoms with van der Waals surface area (Å²) in [5, 5.41) is 9.30. The first kappa shape index (κ1) is 18.7. The summed E-state index contributed by atoms with van der Waals surface area (Å²) in [6.45, 7) is 1.98. The van der Waals surface area contributed by atoms with Gasteiger partial charge < -0.3 is 5.32 Å². The van der Waals surface area contributed by atoms with Crippen molar-refractivity contribution in [2.24, 2.45) is 0 Å². The van der Waals surface area contributed by atoms with Crippen LogP contribution in [0.5, 0.6) is 0 Å². The molecule has 0 fully saturated rings. The van der Waals surface area contributed by atoms with Crippen molar-refractivity contribution in [2.75, 3.05) is 5.32 Å². The number of rotatable bonds is 6. The summed E-state index contributed by atoms with van der Waals surface area (Å²) in [4.78, 5) is 17.4. The van der Waals surface area contributed by atoms with Crippen molar-refractivity contribution >= 4 is 33.0 Å². The molecule has 0 bridgehead atoms. The smallest absolute Gasteiger partial charge is 0.275 e. The van der Waals surface area contributed by atoms with Gasteiger partial charge in [0.1, 0.15) is 0 Å². The van der Waals surface area contributed by atoms with Gasteiger partial charge in [-0.05, 0) is 30.0 Å². The molecule has 0 amide bonds. The molecule has 0 aliphatic rings. The number of nitrogens with one attached hydrogen (secondary N) is 1. The largest absolute Gasteiger partial charge is 0.353 e. The van der Waals surface area contributed by atoms with E-state index in [-0.39, 0.29) is 11.6 Å². The molecule has 2 aromatic carbocycles. The highest BCUT2D eigenvalue weighted by Crippen LogP contribution is 2.28. The maximum absolute atomic E-state index is 12.3. The lowest BCUT2D eigenvalue weighted by Gasteiger charge is -2.19. The topological polar surface area (TPSA) is 59.3 Å². The molecule has 0 aliphatic heterocycles. The summed E-state index contributed by atoms with van der Waals surface area (Å²) < 4.78 is 1.35. The van der Waals surface area contributed by atoms with Gasteiger partial charge in [0.15, 0.2) is 0 Å². The lowest BCUT2D eigenvalue weighted by atomic mass is 9.99. The standard InChI is InChI=1S/C21H19ClN4OS/c1-2-16-13-19(27)26-21(23-16)28-20(25-26)24-18(14-8-4-3-5-9-14)12-15-10-6-7-11-17(15)22/h3-11,13,18H,2,12H2,1H3,(H,24,25). The predicted octanol–water partition coefficient (Wildman–Crippen LogP) is 4.76. The summed E-state index contributed by atoms with van der Waals surface area (Å²) >= 11 is 7.76. The van der Waals surface area contributed by atoms with Gasteiger partial charge in [0.2, 0.25) is 10.1 Å². The van der Waals surface area contributed by atoms with Crippen molar-refractivity contribution in [3.63, 3.8) is 0 Å². The zero-order valence-electron chi connectivity index (χ0n) is 15.3. The van der Waals surface area contributed by atoms with E-state index in [2.05, 4.69) is 27.5 Å². The molecule has 1 atom stereocenters. The SMILES string of the molecule is CCc1cc(=O)n2nc(NC(Cc3ccccc3Cl)c3ccccc3)sc2n1. The average molecular weight is 411 g/mol. The predicted molar refractivity (Wildman–Crippen MR) is 114 cm³/mol. The second-order valence-electron chi connectivity index (χ2n) is 6.44. The second kappa shape index (κ2) is 8.12. The van der Waals surface area contributed by atoms with Gasteiger partial charge in [-0.1, -0.05) is 78.4 Å². The van der Waals surface area contributed by atoms with E-state index in [1.54, 1.807) is 0 Å². The first-order valence-electron chi connectivity index (χ1n) is 9.08. The molecule has 0 aliphatic carbocycles. The monoisotopic (exact) mass is 410 g/mol. The van der Waals surface area contributed by atoms with Crippen molar-refractivity contribution in [3.8, 4) is 0 Å². The van der Waals surface area contributed by atoms with E-state index >= 15 is 0 Å². The Bertz CT molecular complexity index is 1160. The van der Waals surface area contributed by atoms with Crippen LogP contribution in [-0.4, -0.2) is 14.6 Å². The average Bonchev–Trinajstić information content (AvgIpc) is 3.13. The number of anilines is 1. The van der Waals surface area contributed by atoms with Crippen LogP contribution in [0.3, 0.4) is 0 Å². The quantitative estimate of drug-likeness (QED) is 0.497. The molecule has 28 heavy (non-hydrogen) atoms. The molecule has 5 nitrogen and oxygen atoms in total. The van der Waals surface area contributed by atoms with E-state index in [9.17, 15) is 4.79 Å². The lowest BCUT2D eigenvalue weighted by Crippen LogP contribution is -2.17. The van der Waals surface area contributed by atoms with Crippen LogP contribution in [0, 0.1) is 0 Å². The Morgan fingerprint density at radius 2 is 1.89 bits per heavy atom. The summed E-state index contributed by atoms with van der Waals surface area (Å²) in [6.07, 6.45) is 1.41. The number of aromatic nitrogens is 3. The highest BCUT2D eigenvalue weighted by atomic mass is 35.5. The summed E-state index contributed by atoms with van der Waals surface area (Å²) in [6, 6.07) is 19.5. The van der Waals surface area contributed by atoms with Crippen LogP contribution in [0.1, 0.15) is 29.8 Å². The molecule has 4 rings (SSSR count). The van der Waals surface area contributed by atoms with Crippen LogP contribution >= 0.6 is 22.9 Å². The first-order chi connectivity index (χ1) is 13.6. The first-order valence-corrected chi connectivity index (χ1v) is 10.3. The van der Waals surface area contributed by atoms with Gasteiger partial charge in [0.25, 0.3) is 5.56 Å². The summed E-state index contributed by atoms with van der Waals surface area (Å²) in [5.74, 6) is 0. The normalized spacial score (nSPS) is 12.2. The number of nitrogens with zero attached hydrogens (tertiary/aromatic N) is 3. The van der Waals surface area contributed by atoms with E-state index in [0.29, 0.717) is 22.9 Å². The zero-order valence-corrected chi connectivity index (χ0v) is 16.9. The zero-order chi connectivity index (χ0) is 19.5. The van der Waals surface area contributed by atoms with E-state index in [4.69, 9.17) is 11.6 Å². The number of halogens is 1. The highest BCUT2D eigenvalue weighted by molar-refractivity contribution is 7.20. The van der Waals surface area contributed by atoms with Gasteiger partial charge >= 0.3 is 0 Å². The number of benzene rings is 2. The van der Waals surface area contributed by atoms with Crippen LogP contribution in [0.15, 0.2) is 65.5 Å².